The van der Waals surface area contributed by atoms with Crippen LogP contribution < -0.4 is 0 Å². The van der Waals surface area contributed by atoms with Crippen LogP contribution in [-0.4, -0.2) is 14.5 Å². The first-order valence-corrected chi connectivity index (χ1v) is 19.6. The molecule has 0 spiro atoms. The highest BCUT2D eigenvalue weighted by atomic mass is 15.0. The van der Waals surface area contributed by atoms with Crippen LogP contribution >= 0.6 is 0 Å². The van der Waals surface area contributed by atoms with Crippen molar-refractivity contribution in [3.05, 3.63) is 206 Å². The summed E-state index contributed by atoms with van der Waals surface area (Å²) < 4.78 is 2.39. The number of fused-ring (bicyclic) bond motifs is 6. The number of rotatable bonds is 9. The van der Waals surface area contributed by atoms with Crippen LogP contribution in [0.5, 0.6) is 0 Å². The Kier molecular flexibility index (Phi) is 9.41. The molecule has 3 nitrogen and oxygen atoms in total. The van der Waals surface area contributed by atoms with Crippen LogP contribution in [0.25, 0.3) is 93.8 Å². The first kappa shape index (κ1) is 35.5. The van der Waals surface area contributed by atoms with Gasteiger partial charge in [-0.05, 0) is 103 Å². The van der Waals surface area contributed by atoms with Gasteiger partial charge in [0.05, 0.1) is 33.5 Å². The second kappa shape index (κ2) is 15.1. The summed E-state index contributed by atoms with van der Waals surface area (Å²) in [7, 11) is 0. The lowest BCUT2D eigenvalue weighted by atomic mass is 9.97. The molecule has 0 fully saturated rings. The van der Waals surface area contributed by atoms with Gasteiger partial charge in [-0.15, -0.1) is 0 Å². The van der Waals surface area contributed by atoms with Crippen molar-refractivity contribution in [1.29, 1.82) is 0 Å². The van der Waals surface area contributed by atoms with E-state index in [1.165, 1.54) is 54.8 Å². The van der Waals surface area contributed by atoms with Crippen molar-refractivity contribution >= 4 is 54.8 Å². The van der Waals surface area contributed by atoms with Gasteiger partial charge in [-0.3, -0.25) is 0 Å². The summed E-state index contributed by atoms with van der Waals surface area (Å²) in [6.45, 7) is 10.5. The van der Waals surface area contributed by atoms with Crippen molar-refractivity contribution in [2.24, 2.45) is 0 Å². The minimum absolute atomic E-state index is 0.851. The third kappa shape index (κ3) is 6.53. The number of aromatic nitrogens is 3. The van der Waals surface area contributed by atoms with Crippen LogP contribution in [0, 0.1) is 0 Å². The summed E-state index contributed by atoms with van der Waals surface area (Å²) in [4.78, 5) is 9.00. The van der Waals surface area contributed by atoms with E-state index in [2.05, 4.69) is 181 Å². The fourth-order valence-corrected chi connectivity index (χ4v) is 8.03. The largest absolute Gasteiger partial charge is 0.353 e. The number of nitrogens with zero attached hydrogens (tertiary/aromatic N) is 2. The van der Waals surface area contributed by atoms with Crippen LogP contribution in [0.15, 0.2) is 195 Å². The number of hydrogen-bond donors (Lipinski definition) is 1. The number of para-hydroxylation sites is 3. The molecule has 57 heavy (non-hydrogen) atoms. The summed E-state index contributed by atoms with van der Waals surface area (Å²) in [5, 5.41) is 4.83. The van der Waals surface area contributed by atoms with Crippen LogP contribution in [0.1, 0.15) is 32.2 Å². The fourth-order valence-electron chi connectivity index (χ4n) is 8.03. The van der Waals surface area contributed by atoms with E-state index in [4.69, 9.17) is 4.98 Å². The first-order valence-electron chi connectivity index (χ1n) is 19.6. The molecule has 9 rings (SSSR count). The average molecular weight is 734 g/mol. The van der Waals surface area contributed by atoms with E-state index in [-0.39, 0.29) is 0 Å². The van der Waals surface area contributed by atoms with Crippen molar-refractivity contribution in [3.8, 4) is 39.1 Å². The second-order valence-electron chi connectivity index (χ2n) is 14.5. The molecule has 0 aliphatic rings. The van der Waals surface area contributed by atoms with Crippen molar-refractivity contribution in [2.75, 3.05) is 0 Å². The van der Waals surface area contributed by atoms with Gasteiger partial charge in [-0.25, -0.2) is 4.98 Å². The van der Waals surface area contributed by atoms with E-state index >= 15 is 0 Å². The zero-order chi connectivity index (χ0) is 38.9. The predicted molar refractivity (Wildman–Crippen MR) is 246 cm³/mol. The lowest BCUT2D eigenvalue weighted by Crippen LogP contribution is -1.95. The van der Waals surface area contributed by atoms with Gasteiger partial charge in [0.25, 0.3) is 0 Å². The summed E-state index contributed by atoms with van der Waals surface area (Å²) in [6.07, 6.45) is 14.3. The minimum Gasteiger partial charge on any atom is -0.353 e. The van der Waals surface area contributed by atoms with Crippen LogP contribution in [0.2, 0.25) is 0 Å². The van der Waals surface area contributed by atoms with Crippen molar-refractivity contribution in [1.82, 2.24) is 14.5 Å². The summed E-state index contributed by atoms with van der Waals surface area (Å²) >= 11 is 0. The molecule has 0 unspecified atom stereocenters. The van der Waals surface area contributed by atoms with Gasteiger partial charge in [0, 0.05) is 38.4 Å². The Hall–Kier alpha value is -7.23. The molecule has 6 aromatic carbocycles. The molecule has 3 heterocycles. The van der Waals surface area contributed by atoms with Gasteiger partial charge in [0.1, 0.15) is 0 Å². The molecule has 0 saturated heterocycles. The number of hydrogen-bond acceptors (Lipinski definition) is 1. The molecule has 9 aromatic rings. The Morgan fingerprint density at radius 3 is 1.81 bits per heavy atom. The first-order chi connectivity index (χ1) is 28.0. The molecule has 3 aromatic heterocycles. The number of nitrogens with one attached hydrogen (secondary N) is 1. The average Bonchev–Trinajstić information content (AvgIpc) is 3.81. The lowest BCUT2D eigenvalue weighted by molar-refractivity contribution is 1.18. The smallest absolute Gasteiger partial charge is 0.0709 e. The zero-order valence-corrected chi connectivity index (χ0v) is 32.5. The molecule has 0 bridgehead atoms. The van der Waals surface area contributed by atoms with E-state index in [1.54, 1.807) is 0 Å². The Balaban J connectivity index is 1.23. The molecule has 0 radical (unpaired) electrons. The molecule has 274 valence electrons. The number of aromatic amines is 1. The molecule has 3 heteroatoms. The van der Waals surface area contributed by atoms with Crippen molar-refractivity contribution in [3.63, 3.8) is 0 Å². The highest BCUT2D eigenvalue weighted by Crippen LogP contribution is 2.41. The van der Waals surface area contributed by atoms with Gasteiger partial charge in [0.15, 0.2) is 0 Å². The van der Waals surface area contributed by atoms with Crippen LogP contribution in [0.4, 0.5) is 0 Å². The fraction of sp³-hybridized carbons (Fsp3) is 0.0556. The van der Waals surface area contributed by atoms with E-state index in [9.17, 15) is 0 Å². The number of H-pyrrole nitrogens is 1. The molecular formula is C54H43N3. The van der Waals surface area contributed by atoms with Gasteiger partial charge in [-0.2, -0.15) is 0 Å². The molecule has 1 N–H and O–H groups in total. The minimum atomic E-state index is 0.851. The van der Waals surface area contributed by atoms with Gasteiger partial charge in [-0.1, -0.05) is 146 Å². The van der Waals surface area contributed by atoms with Gasteiger partial charge < -0.3 is 9.55 Å². The van der Waals surface area contributed by atoms with E-state index in [0.717, 1.165) is 50.4 Å². The maximum atomic E-state index is 5.07. The van der Waals surface area contributed by atoms with Gasteiger partial charge in [0.2, 0.25) is 0 Å². The Morgan fingerprint density at radius 2 is 1.14 bits per heavy atom. The highest BCUT2D eigenvalue weighted by Gasteiger charge is 2.18. The van der Waals surface area contributed by atoms with Crippen molar-refractivity contribution in [2.45, 2.75) is 20.8 Å². The Labute approximate surface area is 334 Å². The zero-order valence-electron chi connectivity index (χ0n) is 32.5. The molecule has 0 amide bonds. The predicted octanol–water partition coefficient (Wildman–Crippen LogP) is 14.9. The standard InChI is InChI=1S/C54H43N3/c1-5-7-11-19-37(4)50-35-41(34-49(55-50)36(3)18-8-6-2)44-25-17-27-46-45-26-16-24-43(53(45)56-54(44)46)40-29-31-52-48(33-40)47-32-39(38-20-12-9-13-21-38)28-30-51(47)57(52)42-22-14-10-15-23-42/h5-35,56H,4H2,1-3H3/b7-5-,8-6-,19-11-,36-18+. The quantitative estimate of drug-likeness (QED) is 0.147. The normalized spacial score (nSPS) is 12.4. The molecule has 0 aliphatic heterocycles. The summed E-state index contributed by atoms with van der Waals surface area (Å²) in [5.41, 5.74) is 16.4. The van der Waals surface area contributed by atoms with Crippen LogP contribution in [-0.2, 0) is 0 Å². The van der Waals surface area contributed by atoms with Crippen LogP contribution in [0.3, 0.4) is 0 Å². The van der Waals surface area contributed by atoms with Gasteiger partial charge >= 0.3 is 0 Å². The number of benzene rings is 6. The SMILES string of the molecule is C=C(/C=C\C=C/C)c1cc(-c2cccc3c2[nH]c2c(-c4ccc5c(c4)c4cc(-c6ccccc6)ccc4n5-c4ccccc4)cccc23)cc(/C(C)=C/C=C\C)n1. The third-order valence-electron chi connectivity index (χ3n) is 10.9. The summed E-state index contributed by atoms with van der Waals surface area (Å²) in [5.74, 6) is 0. The topological polar surface area (TPSA) is 33.6 Å². The second-order valence-corrected chi connectivity index (χ2v) is 14.5. The maximum absolute atomic E-state index is 5.07. The molecule has 0 aliphatic carbocycles. The third-order valence-corrected chi connectivity index (χ3v) is 10.9. The van der Waals surface area contributed by atoms with E-state index in [1.807, 2.05) is 44.2 Å². The highest BCUT2D eigenvalue weighted by molar-refractivity contribution is 6.17. The number of allylic oxidation sites excluding steroid dienone is 9. The van der Waals surface area contributed by atoms with E-state index < -0.39 is 0 Å². The summed E-state index contributed by atoms with van der Waals surface area (Å²) in [6, 6.07) is 52.7. The molecule has 0 atom stereocenters. The van der Waals surface area contributed by atoms with E-state index in [0.29, 0.717) is 0 Å². The lowest BCUT2D eigenvalue weighted by Gasteiger charge is -2.11. The van der Waals surface area contributed by atoms with Crippen molar-refractivity contribution < 1.29 is 0 Å². The number of pyridine rings is 1. The maximum Gasteiger partial charge on any atom is 0.0709 e. The Bertz CT molecular complexity index is 3090. The Morgan fingerprint density at radius 1 is 0.544 bits per heavy atom. The molecular weight excluding hydrogens is 691 g/mol. The monoisotopic (exact) mass is 733 g/mol. The molecule has 0 saturated carbocycles.